The molecule has 4 heteroatoms. The van der Waals surface area contributed by atoms with Crippen LogP contribution < -0.4 is 4.90 Å². The molecule has 0 aromatic heterocycles. The van der Waals surface area contributed by atoms with E-state index in [0.717, 1.165) is 18.8 Å². The number of anilines is 1. The maximum absolute atomic E-state index is 10.7. The molecule has 2 rings (SSSR count). The maximum Gasteiger partial charge on any atom is 0.285 e. The molecule has 0 spiro atoms. The van der Waals surface area contributed by atoms with Crippen LogP contribution in [0, 0.1) is 22.5 Å². The molecule has 1 fully saturated rings. The van der Waals surface area contributed by atoms with Crippen LogP contribution in [0.3, 0.4) is 0 Å². The molecule has 0 radical (unpaired) electrons. The lowest BCUT2D eigenvalue weighted by molar-refractivity contribution is -0.385. The van der Waals surface area contributed by atoms with E-state index in [1.807, 2.05) is 0 Å². The van der Waals surface area contributed by atoms with Crippen molar-refractivity contribution in [1.82, 2.24) is 0 Å². The molecule has 0 saturated carbocycles. The van der Waals surface area contributed by atoms with E-state index in [1.54, 1.807) is 12.1 Å². The summed E-state index contributed by atoms with van der Waals surface area (Å²) in [5.41, 5.74) is 1.34. The number of hydrogen-bond acceptors (Lipinski definition) is 3. The minimum atomic E-state index is -0.442. The van der Waals surface area contributed by atoms with Crippen molar-refractivity contribution in [2.75, 3.05) is 18.0 Å². The third kappa shape index (κ3) is 1.84. The summed E-state index contributed by atoms with van der Waals surface area (Å²) in [4.78, 5) is 12.5. The van der Waals surface area contributed by atoms with Gasteiger partial charge in [0.05, 0.1) is 4.92 Å². The molecule has 4 nitrogen and oxygen atoms in total. The van der Waals surface area contributed by atoms with Gasteiger partial charge >= 0.3 is 0 Å². The highest BCUT2D eigenvalue weighted by atomic mass is 16.6. The predicted octanol–water partition coefficient (Wildman–Crippen LogP) is 2.18. The molecule has 1 saturated heterocycles. The van der Waals surface area contributed by atoms with Crippen molar-refractivity contribution in [3.63, 3.8) is 0 Å². The van der Waals surface area contributed by atoms with E-state index in [9.17, 15) is 10.1 Å². The van der Waals surface area contributed by atoms with Crippen LogP contribution in [0.25, 0.3) is 0 Å². The van der Waals surface area contributed by atoms with Crippen molar-refractivity contribution in [3.8, 4) is 12.3 Å². The van der Waals surface area contributed by atoms with Gasteiger partial charge in [-0.15, -0.1) is 6.42 Å². The van der Waals surface area contributed by atoms with E-state index >= 15 is 0 Å². The number of rotatable bonds is 2. The monoisotopic (exact) mass is 216 g/mol. The lowest BCUT2D eigenvalue weighted by atomic mass is 10.1. The van der Waals surface area contributed by atoms with Crippen LogP contribution in [0.15, 0.2) is 18.2 Å². The van der Waals surface area contributed by atoms with Crippen molar-refractivity contribution in [1.29, 1.82) is 0 Å². The van der Waals surface area contributed by atoms with Crippen LogP contribution in [0.1, 0.15) is 18.4 Å². The second-order valence-electron chi connectivity index (χ2n) is 3.80. The summed E-state index contributed by atoms with van der Waals surface area (Å²) in [5.74, 6) is 2.37. The molecule has 0 N–H and O–H groups in total. The van der Waals surface area contributed by atoms with Crippen LogP contribution in [-0.2, 0) is 0 Å². The zero-order chi connectivity index (χ0) is 11.5. The molecular formula is C12H12N2O2. The number of terminal acetylenes is 1. The van der Waals surface area contributed by atoms with Gasteiger partial charge in [0.1, 0.15) is 5.56 Å². The van der Waals surface area contributed by atoms with E-state index in [0.29, 0.717) is 5.56 Å². The van der Waals surface area contributed by atoms with E-state index in [2.05, 4.69) is 10.8 Å². The first-order valence-electron chi connectivity index (χ1n) is 5.22. The van der Waals surface area contributed by atoms with Gasteiger partial charge in [-0.1, -0.05) is 5.92 Å². The van der Waals surface area contributed by atoms with Crippen molar-refractivity contribution >= 4 is 11.4 Å². The van der Waals surface area contributed by atoms with Crippen molar-refractivity contribution in [2.24, 2.45) is 0 Å². The van der Waals surface area contributed by atoms with Crippen molar-refractivity contribution in [3.05, 3.63) is 33.9 Å². The van der Waals surface area contributed by atoms with E-state index in [4.69, 9.17) is 6.42 Å². The lowest BCUT2D eigenvalue weighted by Crippen LogP contribution is -2.17. The van der Waals surface area contributed by atoms with Crippen molar-refractivity contribution < 1.29 is 4.92 Å². The third-order valence-electron chi connectivity index (χ3n) is 2.80. The van der Waals surface area contributed by atoms with Crippen LogP contribution in [-0.4, -0.2) is 18.0 Å². The summed E-state index contributed by atoms with van der Waals surface area (Å²) in [6.45, 7) is 2.00. The largest absolute Gasteiger partial charge is 0.371 e. The van der Waals surface area contributed by atoms with Gasteiger partial charge in [0.2, 0.25) is 0 Å². The molecule has 0 amide bonds. The highest BCUT2D eigenvalue weighted by Crippen LogP contribution is 2.26. The van der Waals surface area contributed by atoms with Crippen molar-refractivity contribution in [2.45, 2.75) is 12.8 Å². The number of nitrogens with zero attached hydrogens (tertiary/aromatic N) is 2. The van der Waals surface area contributed by atoms with Gasteiger partial charge in [-0.25, -0.2) is 0 Å². The quantitative estimate of drug-likeness (QED) is 0.432. The zero-order valence-corrected chi connectivity index (χ0v) is 8.85. The van der Waals surface area contributed by atoms with Gasteiger partial charge in [-0.05, 0) is 25.0 Å². The van der Waals surface area contributed by atoms with E-state index in [1.165, 1.54) is 18.9 Å². The highest BCUT2D eigenvalue weighted by Gasteiger charge is 2.17. The molecule has 0 unspecified atom stereocenters. The van der Waals surface area contributed by atoms with Crippen LogP contribution in [0.4, 0.5) is 11.4 Å². The Labute approximate surface area is 94.0 Å². The Bertz CT molecular complexity index is 457. The summed E-state index contributed by atoms with van der Waals surface area (Å²) in [7, 11) is 0. The van der Waals surface area contributed by atoms with E-state index in [-0.39, 0.29) is 5.69 Å². The molecule has 1 aliphatic rings. The smallest absolute Gasteiger partial charge is 0.285 e. The van der Waals surface area contributed by atoms with Gasteiger partial charge in [-0.3, -0.25) is 10.1 Å². The molecular weight excluding hydrogens is 204 g/mol. The molecule has 82 valence electrons. The number of benzene rings is 1. The SMILES string of the molecule is C#Cc1cc(N2CCCC2)ccc1[N+](=O)[O-]. The Morgan fingerprint density at radius 3 is 2.62 bits per heavy atom. The third-order valence-corrected chi connectivity index (χ3v) is 2.80. The number of nitro benzene ring substituents is 1. The predicted molar refractivity (Wildman–Crippen MR) is 62.5 cm³/mol. The fraction of sp³-hybridized carbons (Fsp3) is 0.333. The number of nitro groups is 1. The second kappa shape index (κ2) is 4.23. The summed E-state index contributed by atoms with van der Waals surface area (Å²) in [5, 5.41) is 10.7. The van der Waals surface area contributed by atoms with Gasteiger partial charge in [0, 0.05) is 24.8 Å². The molecule has 1 aliphatic heterocycles. The van der Waals surface area contributed by atoms with Crippen LogP contribution in [0.2, 0.25) is 0 Å². The van der Waals surface area contributed by atoms with Gasteiger partial charge in [-0.2, -0.15) is 0 Å². The van der Waals surface area contributed by atoms with Gasteiger partial charge in [0.25, 0.3) is 5.69 Å². The molecule has 0 atom stereocenters. The summed E-state index contributed by atoms with van der Waals surface area (Å²) in [6.07, 6.45) is 7.62. The standard InChI is InChI=1S/C12H12N2O2/c1-2-10-9-11(13-7-3-4-8-13)5-6-12(10)14(15)16/h1,5-6,9H,3-4,7-8H2. The van der Waals surface area contributed by atoms with E-state index < -0.39 is 4.92 Å². The Hall–Kier alpha value is -2.02. The Kier molecular flexibility index (Phi) is 2.78. The maximum atomic E-state index is 10.7. The molecule has 1 aromatic carbocycles. The lowest BCUT2D eigenvalue weighted by Gasteiger charge is -2.17. The topological polar surface area (TPSA) is 46.4 Å². The molecule has 1 aromatic rings. The average molecular weight is 216 g/mol. The fourth-order valence-corrected chi connectivity index (χ4v) is 1.97. The summed E-state index contributed by atoms with van der Waals surface area (Å²) in [6, 6.07) is 4.98. The summed E-state index contributed by atoms with van der Waals surface area (Å²) >= 11 is 0. The molecule has 16 heavy (non-hydrogen) atoms. The van der Waals surface area contributed by atoms with Gasteiger partial charge in [0.15, 0.2) is 0 Å². The Morgan fingerprint density at radius 2 is 2.06 bits per heavy atom. The number of hydrogen-bond donors (Lipinski definition) is 0. The molecule has 1 heterocycles. The summed E-state index contributed by atoms with van der Waals surface area (Å²) < 4.78 is 0. The van der Waals surface area contributed by atoms with Crippen LogP contribution >= 0.6 is 0 Å². The first kappa shape index (κ1) is 10.5. The minimum Gasteiger partial charge on any atom is -0.371 e. The molecule has 0 aliphatic carbocycles. The fourth-order valence-electron chi connectivity index (χ4n) is 1.97. The van der Waals surface area contributed by atoms with Gasteiger partial charge < -0.3 is 4.90 Å². The minimum absolute atomic E-state index is 0.00504. The zero-order valence-electron chi connectivity index (χ0n) is 8.85. The van der Waals surface area contributed by atoms with Crippen LogP contribution in [0.5, 0.6) is 0 Å². The Balaban J connectivity index is 2.37. The highest BCUT2D eigenvalue weighted by molar-refractivity contribution is 5.60. The first-order valence-corrected chi connectivity index (χ1v) is 5.22. The Morgan fingerprint density at radius 1 is 1.38 bits per heavy atom. The normalized spacial score (nSPS) is 14.8. The average Bonchev–Trinajstić information content (AvgIpc) is 2.81. The second-order valence-corrected chi connectivity index (χ2v) is 3.80. The first-order chi connectivity index (χ1) is 7.72. The molecule has 0 bridgehead atoms.